The first-order valence-corrected chi connectivity index (χ1v) is 11.0. The Bertz CT molecular complexity index is 1140. The van der Waals surface area contributed by atoms with Crippen molar-refractivity contribution >= 4 is 23.3 Å². The number of rotatable bonds is 9. The van der Waals surface area contributed by atoms with Crippen molar-refractivity contribution in [1.29, 1.82) is 0 Å². The van der Waals surface area contributed by atoms with E-state index in [1.54, 1.807) is 31.5 Å². The first-order valence-electron chi connectivity index (χ1n) is 11.0. The Hall–Kier alpha value is -2.61. The standard InChI is InChI=1S/C25H29FN2O4.ClH/c1-3-13-32-22-10-9-21(26)23-24(22)28(12-4-11-27-14-18(29)15-27)16-20(25(23)30)17-5-7-19(31-2)8-6-17;/h5-10,16,18,29H,3-4,11-15H2,1-2H3;1H. The van der Waals surface area contributed by atoms with E-state index in [1.807, 2.05) is 23.6 Å². The van der Waals surface area contributed by atoms with Crippen LogP contribution in [0.2, 0.25) is 0 Å². The van der Waals surface area contributed by atoms with Crippen molar-refractivity contribution in [3.8, 4) is 22.6 Å². The van der Waals surface area contributed by atoms with E-state index in [4.69, 9.17) is 9.47 Å². The number of aryl methyl sites for hydroxylation is 1. The summed E-state index contributed by atoms with van der Waals surface area (Å²) in [5.74, 6) is 0.651. The molecule has 1 aromatic heterocycles. The lowest BCUT2D eigenvalue weighted by Crippen LogP contribution is -2.50. The minimum atomic E-state index is -0.552. The molecule has 1 fully saturated rings. The van der Waals surface area contributed by atoms with Crippen LogP contribution < -0.4 is 14.9 Å². The third-order valence-corrected chi connectivity index (χ3v) is 5.81. The Balaban J connectivity index is 0.00000306. The number of halogens is 2. The maximum Gasteiger partial charge on any atom is 0.200 e. The molecule has 0 spiro atoms. The largest absolute Gasteiger partial charge is 0.497 e. The van der Waals surface area contributed by atoms with E-state index in [0.29, 0.717) is 54.4 Å². The van der Waals surface area contributed by atoms with Crippen molar-refractivity contribution in [2.75, 3.05) is 33.4 Å². The predicted molar refractivity (Wildman–Crippen MR) is 130 cm³/mol. The van der Waals surface area contributed by atoms with Crippen molar-refractivity contribution < 1.29 is 19.0 Å². The summed E-state index contributed by atoms with van der Waals surface area (Å²) in [5, 5.41) is 9.55. The molecule has 2 aromatic carbocycles. The molecule has 0 unspecified atom stereocenters. The van der Waals surface area contributed by atoms with Crippen LogP contribution in [0.25, 0.3) is 22.0 Å². The van der Waals surface area contributed by atoms with Gasteiger partial charge in [-0.1, -0.05) is 19.1 Å². The molecule has 0 radical (unpaired) electrons. The second-order valence-electron chi connectivity index (χ2n) is 8.18. The van der Waals surface area contributed by atoms with Crippen LogP contribution in [-0.2, 0) is 6.54 Å². The number of likely N-dealkylation sites (tertiary alicyclic amines) is 1. The topological polar surface area (TPSA) is 63.9 Å². The molecule has 1 N–H and O–H groups in total. The van der Waals surface area contributed by atoms with E-state index in [2.05, 4.69) is 4.90 Å². The van der Waals surface area contributed by atoms with Gasteiger partial charge in [-0.05, 0) is 42.7 Å². The molecule has 6 nitrogen and oxygen atoms in total. The lowest BCUT2D eigenvalue weighted by Gasteiger charge is -2.35. The van der Waals surface area contributed by atoms with Crippen molar-refractivity contribution in [3.05, 3.63) is 58.6 Å². The Labute approximate surface area is 199 Å². The molecule has 3 aromatic rings. The van der Waals surface area contributed by atoms with E-state index < -0.39 is 5.82 Å². The van der Waals surface area contributed by atoms with Crippen LogP contribution in [0.5, 0.6) is 11.5 Å². The average Bonchev–Trinajstić information content (AvgIpc) is 2.78. The molecule has 8 heteroatoms. The molecule has 0 bridgehead atoms. The summed E-state index contributed by atoms with van der Waals surface area (Å²) < 4.78 is 28.0. The molecule has 33 heavy (non-hydrogen) atoms. The highest BCUT2D eigenvalue weighted by molar-refractivity contribution is 5.89. The van der Waals surface area contributed by atoms with E-state index in [1.165, 1.54) is 6.07 Å². The molecule has 0 atom stereocenters. The Morgan fingerprint density at radius 2 is 1.85 bits per heavy atom. The average molecular weight is 477 g/mol. The molecule has 1 saturated heterocycles. The van der Waals surface area contributed by atoms with E-state index in [0.717, 1.165) is 19.4 Å². The normalized spacial score (nSPS) is 14.1. The number of hydrogen-bond donors (Lipinski definition) is 1. The number of aromatic nitrogens is 1. The SMILES string of the molecule is CCCOc1ccc(F)c2c(=O)c(-c3ccc(OC)cc3)cn(CCCN3CC(O)C3)c12.Cl. The number of hydrogen-bond acceptors (Lipinski definition) is 5. The fourth-order valence-electron chi connectivity index (χ4n) is 4.13. The molecule has 0 amide bonds. The fraction of sp³-hybridized carbons (Fsp3) is 0.400. The summed E-state index contributed by atoms with van der Waals surface area (Å²) in [6.45, 7) is 5.27. The minimum Gasteiger partial charge on any atom is -0.497 e. The minimum absolute atomic E-state index is 0. The zero-order chi connectivity index (χ0) is 22.7. The summed E-state index contributed by atoms with van der Waals surface area (Å²) in [4.78, 5) is 15.6. The highest BCUT2D eigenvalue weighted by Crippen LogP contribution is 2.30. The smallest absolute Gasteiger partial charge is 0.200 e. The zero-order valence-corrected chi connectivity index (χ0v) is 19.7. The van der Waals surface area contributed by atoms with Crippen molar-refractivity contribution in [1.82, 2.24) is 9.47 Å². The lowest BCUT2D eigenvalue weighted by molar-refractivity contribution is 0.00127. The van der Waals surface area contributed by atoms with Gasteiger partial charge in [-0.2, -0.15) is 0 Å². The highest BCUT2D eigenvalue weighted by atomic mass is 35.5. The summed E-state index contributed by atoms with van der Waals surface area (Å²) in [6, 6.07) is 10.1. The van der Waals surface area contributed by atoms with Gasteiger partial charge in [-0.25, -0.2) is 4.39 Å². The van der Waals surface area contributed by atoms with Gasteiger partial charge in [0.1, 0.15) is 17.3 Å². The van der Waals surface area contributed by atoms with Gasteiger partial charge in [-0.15, -0.1) is 12.4 Å². The fourth-order valence-corrected chi connectivity index (χ4v) is 4.13. The van der Waals surface area contributed by atoms with Gasteiger partial charge in [-0.3, -0.25) is 9.69 Å². The second kappa shape index (κ2) is 11.0. The number of β-amino-alcohol motifs (C(OH)–C–C–N with tert-alkyl or cyclic N) is 1. The Kier molecular flexibility index (Phi) is 8.35. The van der Waals surface area contributed by atoms with E-state index >= 15 is 0 Å². The van der Waals surface area contributed by atoms with Crippen molar-refractivity contribution in [2.45, 2.75) is 32.4 Å². The van der Waals surface area contributed by atoms with Crippen LogP contribution in [-0.4, -0.2) is 54.0 Å². The van der Waals surface area contributed by atoms with E-state index in [9.17, 15) is 14.3 Å². The van der Waals surface area contributed by atoms with Crippen LogP contribution in [0.1, 0.15) is 19.8 Å². The van der Waals surface area contributed by atoms with Crippen molar-refractivity contribution in [3.63, 3.8) is 0 Å². The molecule has 1 aliphatic rings. The molecule has 178 valence electrons. The number of benzene rings is 2. The summed E-state index contributed by atoms with van der Waals surface area (Å²) in [5.41, 5.74) is 1.28. The number of aliphatic hydroxyl groups excluding tert-OH is 1. The summed E-state index contributed by atoms with van der Waals surface area (Å²) in [6.07, 6.45) is 3.17. The molecule has 0 aliphatic carbocycles. The molecular formula is C25H30ClFN2O4. The van der Waals surface area contributed by atoms with Gasteiger partial charge in [0.15, 0.2) is 5.43 Å². The quantitative estimate of drug-likeness (QED) is 0.504. The molecule has 4 rings (SSSR count). The Morgan fingerprint density at radius 3 is 2.48 bits per heavy atom. The summed E-state index contributed by atoms with van der Waals surface area (Å²) in [7, 11) is 1.59. The maximum absolute atomic E-state index is 15.0. The molecule has 0 saturated carbocycles. The van der Waals surface area contributed by atoms with Gasteiger partial charge >= 0.3 is 0 Å². The maximum atomic E-state index is 15.0. The number of ether oxygens (including phenoxy) is 2. The van der Waals surface area contributed by atoms with Gasteiger partial charge < -0.3 is 19.1 Å². The number of nitrogens with zero attached hydrogens (tertiary/aromatic N) is 2. The number of fused-ring (bicyclic) bond motifs is 1. The third-order valence-electron chi connectivity index (χ3n) is 5.81. The van der Waals surface area contributed by atoms with Crippen LogP contribution in [0, 0.1) is 5.82 Å². The number of aliphatic hydroxyl groups is 1. The highest BCUT2D eigenvalue weighted by Gasteiger charge is 2.24. The van der Waals surface area contributed by atoms with Crippen LogP contribution in [0.15, 0.2) is 47.4 Å². The predicted octanol–water partition coefficient (Wildman–Crippen LogP) is 4.09. The zero-order valence-electron chi connectivity index (χ0n) is 18.9. The Morgan fingerprint density at radius 1 is 1.12 bits per heavy atom. The van der Waals surface area contributed by atoms with Crippen LogP contribution in [0.4, 0.5) is 4.39 Å². The number of pyridine rings is 1. The summed E-state index contributed by atoms with van der Waals surface area (Å²) >= 11 is 0. The number of methoxy groups -OCH3 is 1. The van der Waals surface area contributed by atoms with Crippen LogP contribution in [0.3, 0.4) is 0 Å². The molecule has 2 heterocycles. The van der Waals surface area contributed by atoms with Crippen molar-refractivity contribution in [2.24, 2.45) is 0 Å². The van der Waals surface area contributed by atoms with Gasteiger partial charge in [0.2, 0.25) is 0 Å². The van der Waals surface area contributed by atoms with Gasteiger partial charge in [0.05, 0.1) is 30.7 Å². The van der Waals surface area contributed by atoms with E-state index in [-0.39, 0.29) is 29.3 Å². The second-order valence-corrected chi connectivity index (χ2v) is 8.18. The van der Waals surface area contributed by atoms with Gasteiger partial charge in [0, 0.05) is 37.9 Å². The molecule has 1 aliphatic heterocycles. The van der Waals surface area contributed by atoms with Gasteiger partial charge in [0.25, 0.3) is 0 Å². The first kappa shape index (κ1) is 25.0. The van der Waals surface area contributed by atoms with Crippen LogP contribution >= 0.6 is 12.4 Å². The first-order chi connectivity index (χ1) is 15.5. The molecular weight excluding hydrogens is 447 g/mol. The monoisotopic (exact) mass is 476 g/mol. The lowest BCUT2D eigenvalue weighted by atomic mass is 10.0. The third kappa shape index (κ3) is 5.32.